The number of hydrogen-bond acceptors (Lipinski definition) is 5. The first-order chi connectivity index (χ1) is 12.3. The van der Waals surface area contributed by atoms with Crippen LogP contribution in [0.2, 0.25) is 0 Å². The number of likely N-dealkylation sites (tertiary alicyclic amines) is 1. The van der Waals surface area contributed by atoms with Gasteiger partial charge < -0.3 is 15.5 Å². The lowest BCUT2D eigenvalue weighted by Gasteiger charge is -2.34. The van der Waals surface area contributed by atoms with Gasteiger partial charge in [-0.3, -0.25) is 0 Å². The number of nitrogens with one attached hydrogen (secondary N) is 2. The van der Waals surface area contributed by atoms with Gasteiger partial charge in [-0.15, -0.1) is 0 Å². The molecule has 0 aromatic carbocycles. The third kappa shape index (κ3) is 3.87. The van der Waals surface area contributed by atoms with Crippen LogP contribution in [0.5, 0.6) is 0 Å². The first-order valence-corrected chi connectivity index (χ1v) is 9.99. The Hall–Kier alpha value is -1.46. The van der Waals surface area contributed by atoms with Gasteiger partial charge >= 0.3 is 0 Å². The van der Waals surface area contributed by atoms with E-state index in [-0.39, 0.29) is 0 Å². The molecule has 3 aliphatic rings. The molecule has 1 aliphatic carbocycles. The van der Waals surface area contributed by atoms with E-state index < -0.39 is 0 Å². The summed E-state index contributed by atoms with van der Waals surface area (Å²) in [6.45, 7) is 5.57. The molecule has 1 aromatic rings. The van der Waals surface area contributed by atoms with Gasteiger partial charge in [-0.05, 0) is 64.1 Å². The Morgan fingerprint density at radius 2 is 2.08 bits per heavy atom. The fourth-order valence-electron chi connectivity index (χ4n) is 4.53. The van der Waals surface area contributed by atoms with Crippen LogP contribution in [0.4, 0.5) is 5.82 Å². The van der Waals surface area contributed by atoms with Crippen molar-refractivity contribution in [1.82, 2.24) is 20.2 Å². The predicted molar refractivity (Wildman–Crippen MR) is 102 cm³/mol. The van der Waals surface area contributed by atoms with Gasteiger partial charge in [0.2, 0.25) is 0 Å². The first kappa shape index (κ1) is 17.0. The van der Waals surface area contributed by atoms with Crippen LogP contribution < -0.4 is 10.6 Å². The lowest BCUT2D eigenvalue weighted by atomic mass is 9.91. The maximum absolute atomic E-state index is 4.95. The first-order valence-electron chi connectivity index (χ1n) is 9.99. The fourth-order valence-corrected chi connectivity index (χ4v) is 4.53. The van der Waals surface area contributed by atoms with Crippen molar-refractivity contribution >= 4 is 5.82 Å². The maximum Gasteiger partial charge on any atom is 0.134 e. The molecule has 0 spiro atoms. The highest BCUT2D eigenvalue weighted by Crippen LogP contribution is 2.30. The second-order valence-corrected chi connectivity index (χ2v) is 7.76. The molecule has 4 rings (SSSR count). The van der Waals surface area contributed by atoms with Crippen molar-refractivity contribution in [3.8, 4) is 0 Å². The average molecular weight is 342 g/mol. The summed E-state index contributed by atoms with van der Waals surface area (Å²) in [5, 5.41) is 6.74. The Balaban J connectivity index is 1.39. The van der Waals surface area contributed by atoms with E-state index in [0.717, 1.165) is 37.1 Å². The molecule has 1 atom stereocenters. The second kappa shape index (κ2) is 7.83. The highest BCUT2D eigenvalue weighted by Gasteiger charge is 2.26. The average Bonchev–Trinajstić information content (AvgIpc) is 2.68. The predicted octanol–water partition coefficient (Wildman–Crippen LogP) is 2.70. The molecule has 0 amide bonds. The van der Waals surface area contributed by atoms with Gasteiger partial charge in [-0.1, -0.05) is 12.2 Å². The summed E-state index contributed by atoms with van der Waals surface area (Å²) in [6, 6.07) is 0. The molecular weight excluding hydrogens is 310 g/mol. The maximum atomic E-state index is 4.95. The molecule has 0 unspecified atom stereocenters. The van der Waals surface area contributed by atoms with Gasteiger partial charge in [0, 0.05) is 31.6 Å². The highest BCUT2D eigenvalue weighted by molar-refractivity contribution is 5.47. The van der Waals surface area contributed by atoms with Crippen LogP contribution in [0.15, 0.2) is 12.2 Å². The molecule has 1 fully saturated rings. The Bertz CT molecular complexity index is 602. The molecule has 136 valence electrons. The number of hydrogen-bond donors (Lipinski definition) is 2. The molecule has 2 N–H and O–H groups in total. The minimum absolute atomic E-state index is 0.516. The molecule has 3 heterocycles. The van der Waals surface area contributed by atoms with Gasteiger partial charge in [0.1, 0.15) is 11.6 Å². The molecule has 0 bridgehead atoms. The lowest BCUT2D eigenvalue weighted by Crippen LogP contribution is -2.37. The van der Waals surface area contributed by atoms with Crippen LogP contribution in [0.25, 0.3) is 0 Å². The third-order valence-electron chi connectivity index (χ3n) is 6.04. The quantitative estimate of drug-likeness (QED) is 0.825. The van der Waals surface area contributed by atoms with Crippen LogP contribution in [0, 0.1) is 5.92 Å². The monoisotopic (exact) mass is 341 g/mol. The van der Waals surface area contributed by atoms with Gasteiger partial charge in [-0.25, -0.2) is 9.97 Å². The minimum atomic E-state index is 0.516. The molecule has 0 saturated carbocycles. The minimum Gasteiger partial charge on any atom is -0.373 e. The fraction of sp³-hybridized carbons (Fsp3) is 0.700. The summed E-state index contributed by atoms with van der Waals surface area (Å²) in [6.07, 6.45) is 12.0. The zero-order chi connectivity index (χ0) is 17.1. The summed E-state index contributed by atoms with van der Waals surface area (Å²) in [4.78, 5) is 12.5. The number of rotatable bonds is 4. The van der Waals surface area contributed by atoms with E-state index in [1.54, 1.807) is 0 Å². The largest absolute Gasteiger partial charge is 0.373 e. The van der Waals surface area contributed by atoms with Crippen molar-refractivity contribution in [2.24, 2.45) is 5.92 Å². The summed E-state index contributed by atoms with van der Waals surface area (Å²) in [7, 11) is 1.98. The normalized spacial score (nSPS) is 24.9. The number of allylic oxidation sites excluding steroid dienone is 2. The van der Waals surface area contributed by atoms with Gasteiger partial charge in [0.25, 0.3) is 0 Å². The van der Waals surface area contributed by atoms with Crippen LogP contribution in [0.3, 0.4) is 0 Å². The van der Waals surface area contributed by atoms with E-state index in [0.29, 0.717) is 5.92 Å². The van der Waals surface area contributed by atoms with Crippen LogP contribution in [0.1, 0.15) is 55.1 Å². The smallest absolute Gasteiger partial charge is 0.134 e. The SMILES string of the molecule is CNc1nc(C2CCN(C[C@H]3CC=CCC3)CC2)nc2c1CCNC2. The van der Waals surface area contributed by atoms with E-state index >= 15 is 0 Å². The van der Waals surface area contributed by atoms with Crippen molar-refractivity contribution in [3.63, 3.8) is 0 Å². The number of aromatic nitrogens is 2. The third-order valence-corrected chi connectivity index (χ3v) is 6.04. The van der Waals surface area contributed by atoms with Crippen molar-refractivity contribution < 1.29 is 0 Å². The van der Waals surface area contributed by atoms with E-state index in [2.05, 4.69) is 27.7 Å². The van der Waals surface area contributed by atoms with E-state index in [1.807, 2.05) is 7.05 Å². The van der Waals surface area contributed by atoms with Crippen molar-refractivity contribution in [2.75, 3.05) is 38.5 Å². The number of fused-ring (bicyclic) bond motifs is 1. The van der Waals surface area contributed by atoms with Crippen molar-refractivity contribution in [2.45, 2.75) is 51.0 Å². The van der Waals surface area contributed by atoms with E-state index in [1.165, 1.54) is 63.0 Å². The molecule has 0 radical (unpaired) electrons. The highest BCUT2D eigenvalue weighted by atomic mass is 15.1. The Kier molecular flexibility index (Phi) is 5.32. The standard InChI is InChI=1S/C20H31N5/c1-21-20-17-7-10-22-13-18(17)23-19(24-20)16-8-11-25(12-9-16)14-15-5-3-2-4-6-15/h2-3,15-16,22H,4-14H2,1H3,(H,21,23,24)/t15-/m0/s1. The number of piperidine rings is 1. The summed E-state index contributed by atoms with van der Waals surface area (Å²) in [5.41, 5.74) is 2.52. The topological polar surface area (TPSA) is 53.1 Å². The van der Waals surface area contributed by atoms with Crippen molar-refractivity contribution in [3.05, 3.63) is 29.2 Å². The second-order valence-electron chi connectivity index (χ2n) is 7.76. The summed E-state index contributed by atoms with van der Waals surface area (Å²) >= 11 is 0. The Labute approximate surface area is 151 Å². The molecule has 5 nitrogen and oxygen atoms in total. The Morgan fingerprint density at radius 3 is 2.84 bits per heavy atom. The number of nitrogens with zero attached hydrogens (tertiary/aromatic N) is 3. The van der Waals surface area contributed by atoms with Crippen LogP contribution in [-0.4, -0.2) is 48.1 Å². The van der Waals surface area contributed by atoms with E-state index in [9.17, 15) is 0 Å². The molecule has 25 heavy (non-hydrogen) atoms. The molecular formula is C20H31N5. The lowest BCUT2D eigenvalue weighted by molar-refractivity contribution is 0.175. The molecule has 2 aliphatic heterocycles. The summed E-state index contributed by atoms with van der Waals surface area (Å²) < 4.78 is 0. The summed E-state index contributed by atoms with van der Waals surface area (Å²) in [5.74, 6) is 3.50. The zero-order valence-electron chi connectivity index (χ0n) is 15.4. The Morgan fingerprint density at radius 1 is 1.20 bits per heavy atom. The van der Waals surface area contributed by atoms with E-state index in [4.69, 9.17) is 9.97 Å². The zero-order valence-corrected chi connectivity index (χ0v) is 15.4. The van der Waals surface area contributed by atoms with Crippen LogP contribution >= 0.6 is 0 Å². The molecule has 5 heteroatoms. The number of anilines is 1. The van der Waals surface area contributed by atoms with Gasteiger partial charge in [0.05, 0.1) is 5.69 Å². The molecule has 1 aromatic heterocycles. The van der Waals surface area contributed by atoms with Crippen LogP contribution in [-0.2, 0) is 13.0 Å². The molecule has 1 saturated heterocycles. The van der Waals surface area contributed by atoms with Crippen molar-refractivity contribution in [1.29, 1.82) is 0 Å². The van der Waals surface area contributed by atoms with Gasteiger partial charge in [0.15, 0.2) is 0 Å². The van der Waals surface area contributed by atoms with Gasteiger partial charge in [-0.2, -0.15) is 0 Å².